The summed E-state index contributed by atoms with van der Waals surface area (Å²) in [6.45, 7) is 10.3. The van der Waals surface area contributed by atoms with Gasteiger partial charge in [-0.1, -0.05) is 37.3 Å². The molecule has 1 aliphatic heterocycles. The van der Waals surface area contributed by atoms with Gasteiger partial charge in [-0.25, -0.2) is 0 Å². The summed E-state index contributed by atoms with van der Waals surface area (Å²) in [5, 5.41) is 3.65. The molecule has 1 aromatic rings. The maximum absolute atomic E-state index is 3.65. The zero-order valence-corrected chi connectivity index (χ0v) is 11.8. The molecule has 0 aliphatic carbocycles. The summed E-state index contributed by atoms with van der Waals surface area (Å²) in [4.78, 5) is 2.56. The van der Waals surface area contributed by atoms with Gasteiger partial charge in [-0.2, -0.15) is 0 Å². The van der Waals surface area contributed by atoms with Crippen molar-refractivity contribution in [2.24, 2.45) is 0 Å². The van der Waals surface area contributed by atoms with E-state index in [0.29, 0.717) is 6.04 Å². The summed E-state index contributed by atoms with van der Waals surface area (Å²) >= 11 is 0. The molecule has 1 unspecified atom stereocenters. The Bertz CT molecular complexity index is 337. The van der Waals surface area contributed by atoms with E-state index in [9.17, 15) is 0 Å². The molecule has 3 heteroatoms. The fraction of sp³-hybridized carbons (Fsp3) is 0.571. The van der Waals surface area contributed by atoms with Crippen LogP contribution in [0.3, 0.4) is 0 Å². The number of halogens is 1. The van der Waals surface area contributed by atoms with Crippen LogP contribution in [0.5, 0.6) is 0 Å². The number of benzene rings is 1. The zero-order chi connectivity index (χ0) is 11.6. The Morgan fingerprint density at radius 3 is 2.53 bits per heavy atom. The highest BCUT2D eigenvalue weighted by atomic mass is 35.5. The second-order valence-corrected chi connectivity index (χ2v) is 5.03. The van der Waals surface area contributed by atoms with Crippen molar-refractivity contribution in [3.05, 3.63) is 35.9 Å². The summed E-state index contributed by atoms with van der Waals surface area (Å²) in [5.41, 5.74) is 1.58. The molecular formula is C14H23ClN2. The first-order valence-corrected chi connectivity index (χ1v) is 6.19. The molecular weight excluding hydrogens is 232 g/mol. The van der Waals surface area contributed by atoms with Crippen molar-refractivity contribution in [2.45, 2.75) is 32.4 Å². The standard InChI is InChI=1S/C14H22N2.ClH/c1-4-16-11-10-15-13(14(16,2)3)12-8-6-5-7-9-12;/h5-9,13,15H,4,10-11H2,1-3H3;1H. The lowest BCUT2D eigenvalue weighted by Gasteiger charge is -2.48. The predicted octanol–water partition coefficient (Wildman–Crippen LogP) is 2.85. The largest absolute Gasteiger partial charge is 0.307 e. The summed E-state index contributed by atoms with van der Waals surface area (Å²) in [7, 11) is 0. The molecule has 0 saturated carbocycles. The van der Waals surface area contributed by atoms with Gasteiger partial charge in [0.1, 0.15) is 0 Å². The van der Waals surface area contributed by atoms with Crippen LogP contribution in [0, 0.1) is 0 Å². The normalized spacial score (nSPS) is 24.1. The third kappa shape index (κ3) is 2.82. The van der Waals surface area contributed by atoms with Gasteiger partial charge >= 0.3 is 0 Å². The number of hydrogen-bond acceptors (Lipinski definition) is 2. The quantitative estimate of drug-likeness (QED) is 0.873. The van der Waals surface area contributed by atoms with Crippen molar-refractivity contribution < 1.29 is 0 Å². The van der Waals surface area contributed by atoms with E-state index >= 15 is 0 Å². The summed E-state index contributed by atoms with van der Waals surface area (Å²) in [5.74, 6) is 0. The van der Waals surface area contributed by atoms with Crippen molar-refractivity contribution in [3.63, 3.8) is 0 Å². The lowest BCUT2D eigenvalue weighted by Crippen LogP contribution is -2.59. The van der Waals surface area contributed by atoms with Crippen molar-refractivity contribution in [1.29, 1.82) is 0 Å². The van der Waals surface area contributed by atoms with E-state index < -0.39 is 0 Å². The minimum absolute atomic E-state index is 0. The Labute approximate surface area is 111 Å². The maximum Gasteiger partial charge on any atom is 0.0502 e. The fourth-order valence-corrected chi connectivity index (χ4v) is 2.80. The number of nitrogens with zero attached hydrogens (tertiary/aromatic N) is 1. The van der Waals surface area contributed by atoms with E-state index in [-0.39, 0.29) is 17.9 Å². The van der Waals surface area contributed by atoms with Gasteiger partial charge in [-0.3, -0.25) is 4.90 Å². The number of rotatable bonds is 2. The zero-order valence-electron chi connectivity index (χ0n) is 10.9. The van der Waals surface area contributed by atoms with Crippen molar-refractivity contribution in [1.82, 2.24) is 10.2 Å². The summed E-state index contributed by atoms with van der Waals surface area (Å²) < 4.78 is 0. The molecule has 17 heavy (non-hydrogen) atoms. The molecule has 0 amide bonds. The minimum atomic E-state index is 0. The lowest BCUT2D eigenvalue weighted by molar-refractivity contribution is 0.0531. The second-order valence-electron chi connectivity index (χ2n) is 5.03. The van der Waals surface area contributed by atoms with E-state index in [1.807, 2.05) is 0 Å². The average molecular weight is 255 g/mol. The van der Waals surface area contributed by atoms with Crippen LogP contribution in [0.25, 0.3) is 0 Å². The predicted molar refractivity (Wildman–Crippen MR) is 75.8 cm³/mol. The molecule has 96 valence electrons. The number of nitrogens with one attached hydrogen (secondary N) is 1. The van der Waals surface area contributed by atoms with Gasteiger partial charge in [-0.15, -0.1) is 12.4 Å². The Kier molecular flexibility index (Phi) is 4.99. The van der Waals surface area contributed by atoms with Crippen LogP contribution in [0.2, 0.25) is 0 Å². The van der Waals surface area contributed by atoms with Gasteiger partial charge in [0.2, 0.25) is 0 Å². The molecule has 1 fully saturated rings. The molecule has 1 saturated heterocycles. The topological polar surface area (TPSA) is 15.3 Å². The number of likely N-dealkylation sites (N-methyl/N-ethyl adjacent to an activating group) is 1. The third-order valence-electron chi connectivity index (χ3n) is 3.77. The van der Waals surface area contributed by atoms with Gasteiger partial charge < -0.3 is 5.32 Å². The van der Waals surface area contributed by atoms with Crippen molar-refractivity contribution in [2.75, 3.05) is 19.6 Å². The van der Waals surface area contributed by atoms with E-state index in [0.717, 1.165) is 19.6 Å². The van der Waals surface area contributed by atoms with Gasteiger partial charge in [0, 0.05) is 18.6 Å². The first kappa shape index (κ1) is 14.5. The van der Waals surface area contributed by atoms with Crippen molar-refractivity contribution in [3.8, 4) is 0 Å². The number of hydrogen-bond donors (Lipinski definition) is 1. The van der Waals surface area contributed by atoms with Crippen LogP contribution in [0.4, 0.5) is 0 Å². The fourth-order valence-electron chi connectivity index (χ4n) is 2.80. The molecule has 0 bridgehead atoms. The smallest absolute Gasteiger partial charge is 0.0502 e. The average Bonchev–Trinajstić information content (AvgIpc) is 2.29. The molecule has 0 radical (unpaired) electrons. The van der Waals surface area contributed by atoms with E-state index in [1.54, 1.807) is 0 Å². The molecule has 1 N–H and O–H groups in total. The Morgan fingerprint density at radius 1 is 1.29 bits per heavy atom. The van der Waals surface area contributed by atoms with Gasteiger partial charge in [-0.05, 0) is 26.0 Å². The first-order chi connectivity index (χ1) is 7.66. The minimum Gasteiger partial charge on any atom is -0.307 e. The molecule has 2 rings (SSSR count). The van der Waals surface area contributed by atoms with Crippen LogP contribution >= 0.6 is 12.4 Å². The van der Waals surface area contributed by atoms with Crippen LogP contribution in [0.15, 0.2) is 30.3 Å². The monoisotopic (exact) mass is 254 g/mol. The SMILES string of the molecule is CCN1CCNC(c2ccccc2)C1(C)C.Cl. The van der Waals surface area contributed by atoms with Crippen LogP contribution < -0.4 is 5.32 Å². The second kappa shape index (κ2) is 5.85. The lowest BCUT2D eigenvalue weighted by atomic mass is 9.85. The molecule has 1 aliphatic rings. The van der Waals surface area contributed by atoms with Gasteiger partial charge in [0.25, 0.3) is 0 Å². The Balaban J connectivity index is 0.00000144. The maximum atomic E-state index is 3.65. The van der Waals surface area contributed by atoms with Crippen molar-refractivity contribution >= 4 is 12.4 Å². The Hall–Kier alpha value is -0.570. The first-order valence-electron chi connectivity index (χ1n) is 6.19. The molecule has 1 atom stereocenters. The van der Waals surface area contributed by atoms with Crippen LogP contribution in [-0.4, -0.2) is 30.1 Å². The summed E-state index contributed by atoms with van der Waals surface area (Å²) in [6.07, 6.45) is 0. The van der Waals surface area contributed by atoms with Crippen LogP contribution in [0.1, 0.15) is 32.4 Å². The van der Waals surface area contributed by atoms with E-state index in [4.69, 9.17) is 0 Å². The third-order valence-corrected chi connectivity index (χ3v) is 3.77. The Morgan fingerprint density at radius 2 is 1.94 bits per heavy atom. The van der Waals surface area contributed by atoms with E-state index in [2.05, 4.69) is 61.3 Å². The summed E-state index contributed by atoms with van der Waals surface area (Å²) in [6, 6.07) is 11.2. The molecule has 0 spiro atoms. The molecule has 0 aromatic heterocycles. The van der Waals surface area contributed by atoms with E-state index in [1.165, 1.54) is 5.56 Å². The van der Waals surface area contributed by atoms with Gasteiger partial charge in [0.05, 0.1) is 6.04 Å². The molecule has 1 heterocycles. The number of piperazine rings is 1. The molecule has 2 nitrogen and oxygen atoms in total. The highest BCUT2D eigenvalue weighted by molar-refractivity contribution is 5.85. The molecule has 1 aromatic carbocycles. The van der Waals surface area contributed by atoms with Gasteiger partial charge in [0.15, 0.2) is 0 Å². The highest BCUT2D eigenvalue weighted by Gasteiger charge is 2.38. The van der Waals surface area contributed by atoms with Crippen LogP contribution in [-0.2, 0) is 0 Å². The highest BCUT2D eigenvalue weighted by Crippen LogP contribution is 2.32.